The van der Waals surface area contributed by atoms with Crippen molar-refractivity contribution in [3.8, 4) is 11.5 Å². The first-order valence-electron chi connectivity index (χ1n) is 13.8. The summed E-state index contributed by atoms with van der Waals surface area (Å²) in [5.74, 6) is 0.372. The molecule has 1 saturated heterocycles. The van der Waals surface area contributed by atoms with Gasteiger partial charge in [-0.05, 0) is 66.7 Å². The molecule has 1 aliphatic heterocycles. The molecule has 3 N–H and O–H groups in total. The van der Waals surface area contributed by atoms with Gasteiger partial charge in [0, 0.05) is 16.5 Å². The first kappa shape index (κ1) is 32.5. The topological polar surface area (TPSA) is 153 Å². The lowest BCUT2D eigenvalue weighted by molar-refractivity contribution is -0.0392. The first-order chi connectivity index (χ1) is 20.6. The molecule has 0 unspecified atom stereocenters. The minimum absolute atomic E-state index is 0.0647. The summed E-state index contributed by atoms with van der Waals surface area (Å²) in [6, 6.07) is 12.6. The summed E-state index contributed by atoms with van der Waals surface area (Å²) in [6.07, 6.45) is -0.650. The number of halogens is 2. The number of phosphoric ester groups is 1. The van der Waals surface area contributed by atoms with E-state index in [1.807, 2.05) is 0 Å². The van der Waals surface area contributed by atoms with Gasteiger partial charge in [0.1, 0.15) is 29.9 Å². The van der Waals surface area contributed by atoms with Gasteiger partial charge in [0.05, 0.1) is 12.9 Å². The molecular formula is C28H34Cl2N5O7PSi. The van der Waals surface area contributed by atoms with Crippen LogP contribution in [-0.2, 0) is 18.3 Å². The van der Waals surface area contributed by atoms with E-state index in [0.29, 0.717) is 10.0 Å². The highest BCUT2D eigenvalue weighted by Gasteiger charge is 2.46. The van der Waals surface area contributed by atoms with Gasteiger partial charge in [-0.3, -0.25) is 18.9 Å². The molecule has 0 amide bonds. The van der Waals surface area contributed by atoms with Crippen molar-refractivity contribution in [1.82, 2.24) is 19.5 Å². The molecule has 3 heterocycles. The fourth-order valence-corrected chi connectivity index (χ4v) is 6.97. The van der Waals surface area contributed by atoms with E-state index in [4.69, 9.17) is 51.7 Å². The summed E-state index contributed by atoms with van der Waals surface area (Å²) in [5, 5.41) is 0.874. The smallest absolute Gasteiger partial charge is 0.414 e. The number of ether oxygens (including phenoxy) is 1. The number of aromatic amines is 1. The van der Waals surface area contributed by atoms with Gasteiger partial charge in [-0.1, -0.05) is 44.0 Å². The lowest BCUT2D eigenvalue weighted by Gasteiger charge is -2.37. The number of nitrogen functional groups attached to an aromatic ring is 1. The highest BCUT2D eigenvalue weighted by Crippen LogP contribution is 2.53. The maximum Gasteiger partial charge on any atom is 0.587 e. The Morgan fingerprint density at radius 3 is 2.18 bits per heavy atom. The maximum atomic E-state index is 14.4. The number of nitrogens with zero attached hydrogens (tertiary/aromatic N) is 3. The van der Waals surface area contributed by atoms with Gasteiger partial charge in [-0.15, -0.1) is 0 Å². The molecule has 0 saturated carbocycles. The van der Waals surface area contributed by atoms with Crippen LogP contribution in [0.5, 0.6) is 11.5 Å². The highest BCUT2D eigenvalue weighted by atomic mass is 35.5. The Bertz CT molecular complexity index is 1680. The third-order valence-electron chi connectivity index (χ3n) is 7.68. The van der Waals surface area contributed by atoms with E-state index in [1.54, 1.807) is 53.1 Å². The van der Waals surface area contributed by atoms with Crippen LogP contribution >= 0.6 is 31.0 Å². The predicted octanol–water partition coefficient (Wildman–Crippen LogP) is 6.97. The summed E-state index contributed by atoms with van der Waals surface area (Å²) in [6.45, 7) is 10.8. The molecule has 1 fully saturated rings. The molecular weight excluding hydrogens is 648 g/mol. The van der Waals surface area contributed by atoms with Gasteiger partial charge in [0.15, 0.2) is 19.5 Å². The zero-order valence-electron chi connectivity index (χ0n) is 24.8. The molecule has 236 valence electrons. The van der Waals surface area contributed by atoms with Gasteiger partial charge >= 0.3 is 7.82 Å². The van der Waals surface area contributed by atoms with Gasteiger partial charge in [-0.2, -0.15) is 4.98 Å². The second kappa shape index (κ2) is 12.5. The van der Waals surface area contributed by atoms with Crippen LogP contribution < -0.4 is 20.3 Å². The first-order valence-corrected chi connectivity index (χ1v) is 19.0. The molecule has 16 heteroatoms. The van der Waals surface area contributed by atoms with E-state index in [-0.39, 0.29) is 46.7 Å². The minimum Gasteiger partial charge on any atom is -0.414 e. The molecule has 4 aromatic rings. The molecule has 44 heavy (non-hydrogen) atoms. The lowest BCUT2D eigenvalue weighted by Crippen LogP contribution is -2.44. The zero-order valence-corrected chi connectivity index (χ0v) is 28.2. The number of rotatable bonds is 10. The van der Waals surface area contributed by atoms with E-state index in [1.165, 1.54) is 6.33 Å². The maximum absolute atomic E-state index is 14.4. The number of hydrogen-bond acceptors (Lipinski definition) is 10. The van der Waals surface area contributed by atoms with Crippen molar-refractivity contribution in [2.24, 2.45) is 0 Å². The molecule has 0 bridgehead atoms. The number of aromatic nitrogens is 4. The van der Waals surface area contributed by atoms with E-state index >= 15 is 0 Å². The molecule has 1 aliphatic rings. The summed E-state index contributed by atoms with van der Waals surface area (Å²) >= 11 is 12.1. The van der Waals surface area contributed by atoms with Crippen LogP contribution in [0.25, 0.3) is 11.2 Å². The Balaban J connectivity index is 1.48. The molecule has 0 aliphatic carbocycles. The third-order valence-corrected chi connectivity index (χ3v) is 14.1. The van der Waals surface area contributed by atoms with E-state index in [0.717, 1.165) is 0 Å². The predicted molar refractivity (Wildman–Crippen MR) is 171 cm³/mol. The number of benzene rings is 2. The van der Waals surface area contributed by atoms with Crippen molar-refractivity contribution in [3.05, 3.63) is 75.3 Å². The van der Waals surface area contributed by atoms with E-state index in [2.05, 4.69) is 48.8 Å². The van der Waals surface area contributed by atoms with Crippen LogP contribution in [0.1, 0.15) is 33.4 Å². The minimum atomic E-state index is -4.37. The molecule has 5 rings (SSSR count). The second-order valence-electron chi connectivity index (χ2n) is 11.9. The summed E-state index contributed by atoms with van der Waals surface area (Å²) in [7, 11) is -6.60. The Morgan fingerprint density at radius 1 is 1.07 bits per heavy atom. The second-order valence-corrected chi connectivity index (χ2v) is 19.0. The summed E-state index contributed by atoms with van der Waals surface area (Å²) in [4.78, 5) is 23.3. The molecule has 0 spiro atoms. The van der Waals surface area contributed by atoms with Crippen LogP contribution in [0.2, 0.25) is 28.2 Å². The van der Waals surface area contributed by atoms with Gasteiger partial charge in [0.2, 0.25) is 5.95 Å². The molecule has 12 nitrogen and oxygen atoms in total. The van der Waals surface area contributed by atoms with Crippen molar-refractivity contribution < 1.29 is 27.3 Å². The fourth-order valence-electron chi connectivity index (χ4n) is 4.27. The SMILES string of the molecule is CC(C)(C)[Si](C)(C)OC[C@H]1O[C@@H](n2cnc3c(=O)[nH]c(N)nc32)C[C@@H]1OP(=O)(Oc1ccc(Cl)cc1)Oc1ccc(Cl)cc1. The molecule has 0 radical (unpaired) electrons. The third kappa shape index (κ3) is 7.31. The standard InChI is InChI=1S/C28H34Cl2N5O7PSi/c1-28(2,3)44(4,5)38-15-22-21(14-23(39-22)35-16-32-24-25(35)33-27(31)34-26(24)36)42-43(37,40-19-10-6-17(29)7-11-19)41-20-12-8-18(30)9-13-20/h6-13,16,21-23H,14-15H2,1-5H3,(H3,31,33,34,36)/t21-,22+,23+/m0/s1. The number of hydrogen-bond donors (Lipinski definition) is 2. The highest BCUT2D eigenvalue weighted by molar-refractivity contribution is 7.49. The average Bonchev–Trinajstić information content (AvgIpc) is 3.53. The van der Waals surface area contributed by atoms with Crippen LogP contribution in [0.4, 0.5) is 5.95 Å². The average molecular weight is 683 g/mol. The van der Waals surface area contributed by atoms with Crippen molar-refractivity contribution in [3.63, 3.8) is 0 Å². The summed E-state index contributed by atoms with van der Waals surface area (Å²) < 4.78 is 46.8. The van der Waals surface area contributed by atoms with Crippen LogP contribution in [0.3, 0.4) is 0 Å². The monoisotopic (exact) mass is 681 g/mol. The number of nitrogens with one attached hydrogen (secondary N) is 1. The van der Waals surface area contributed by atoms with Crippen LogP contribution in [-0.4, -0.2) is 46.7 Å². The van der Waals surface area contributed by atoms with Gasteiger partial charge in [-0.25, -0.2) is 9.55 Å². The largest absolute Gasteiger partial charge is 0.587 e. The summed E-state index contributed by atoms with van der Waals surface area (Å²) in [5.41, 5.74) is 5.67. The number of H-pyrrole nitrogens is 1. The van der Waals surface area contributed by atoms with Gasteiger partial charge in [0.25, 0.3) is 5.56 Å². The van der Waals surface area contributed by atoms with Gasteiger partial charge < -0.3 is 23.9 Å². The number of imidazole rings is 1. The Kier molecular flexibility index (Phi) is 9.21. The quantitative estimate of drug-likeness (QED) is 0.132. The van der Waals surface area contributed by atoms with Crippen molar-refractivity contribution >= 4 is 56.5 Å². The fraction of sp³-hybridized carbons (Fsp3) is 0.393. The number of nitrogens with two attached hydrogens (primary N) is 1. The normalized spacial score (nSPS) is 19.4. The number of phosphoric acid groups is 1. The van der Waals surface area contributed by atoms with E-state index < -0.39 is 40.1 Å². The molecule has 2 aromatic carbocycles. The Morgan fingerprint density at radius 2 is 1.64 bits per heavy atom. The Labute approximate surface area is 265 Å². The molecule has 3 atom stereocenters. The van der Waals surface area contributed by atoms with Crippen LogP contribution in [0.15, 0.2) is 59.7 Å². The van der Waals surface area contributed by atoms with E-state index in [9.17, 15) is 9.36 Å². The number of fused-ring (bicyclic) bond motifs is 1. The molecule has 2 aromatic heterocycles. The van der Waals surface area contributed by atoms with Crippen molar-refractivity contribution in [2.75, 3.05) is 12.3 Å². The Hall–Kier alpha value is -2.90. The van der Waals surface area contributed by atoms with Crippen molar-refractivity contribution in [2.45, 2.75) is 63.8 Å². The zero-order chi connectivity index (χ0) is 31.9. The lowest BCUT2D eigenvalue weighted by atomic mass is 10.2. The van der Waals surface area contributed by atoms with Crippen LogP contribution in [0, 0.1) is 0 Å². The number of anilines is 1. The van der Waals surface area contributed by atoms with Crippen molar-refractivity contribution in [1.29, 1.82) is 0 Å².